The van der Waals surface area contributed by atoms with Crippen LogP contribution in [0.2, 0.25) is 0 Å². The average Bonchev–Trinajstić information content (AvgIpc) is 2.47. The molecule has 1 aromatic rings. The third-order valence-electron chi connectivity index (χ3n) is 3.20. The van der Waals surface area contributed by atoms with E-state index in [2.05, 4.69) is 10.1 Å². The number of carbonyl (C=O) groups excluding carboxylic acids is 1. The lowest BCUT2D eigenvalue weighted by molar-refractivity contribution is 0.0717. The van der Waals surface area contributed by atoms with Crippen LogP contribution in [0.3, 0.4) is 0 Å². The van der Waals surface area contributed by atoms with Crippen LogP contribution in [0.5, 0.6) is 0 Å². The van der Waals surface area contributed by atoms with Gasteiger partial charge >= 0.3 is 0 Å². The van der Waals surface area contributed by atoms with E-state index in [4.69, 9.17) is 10.9 Å². The molecular weight excluding hydrogens is 244 g/mol. The highest BCUT2D eigenvalue weighted by atomic mass is 16.4. The van der Waals surface area contributed by atoms with Crippen molar-refractivity contribution < 1.29 is 10.0 Å². The summed E-state index contributed by atoms with van der Waals surface area (Å²) in [5.74, 6) is -0.153. The molecule has 104 valence electrons. The molecule has 3 N–H and O–H groups in total. The second-order valence-electron chi connectivity index (χ2n) is 4.30. The van der Waals surface area contributed by atoms with Gasteiger partial charge in [0.1, 0.15) is 5.69 Å². The molecule has 0 aromatic carbocycles. The van der Waals surface area contributed by atoms with E-state index in [1.54, 1.807) is 24.1 Å². The summed E-state index contributed by atoms with van der Waals surface area (Å²) < 4.78 is 0. The lowest BCUT2D eigenvalue weighted by Crippen LogP contribution is -2.36. The van der Waals surface area contributed by atoms with Crippen molar-refractivity contribution in [1.82, 2.24) is 9.88 Å². The molecule has 1 amide bonds. The minimum absolute atomic E-state index is 0.0279. The highest BCUT2D eigenvalue weighted by Crippen LogP contribution is 2.10. The third kappa shape index (κ3) is 3.43. The maximum Gasteiger partial charge on any atom is 0.272 e. The van der Waals surface area contributed by atoms with E-state index >= 15 is 0 Å². The van der Waals surface area contributed by atoms with Crippen LogP contribution in [-0.2, 0) is 0 Å². The van der Waals surface area contributed by atoms with E-state index in [1.807, 2.05) is 13.8 Å². The zero-order chi connectivity index (χ0) is 14.4. The Kier molecular flexibility index (Phi) is 5.29. The number of rotatable bonds is 5. The van der Waals surface area contributed by atoms with Crippen LogP contribution in [0.25, 0.3) is 0 Å². The third-order valence-corrected chi connectivity index (χ3v) is 3.20. The molecule has 0 bridgehead atoms. The zero-order valence-electron chi connectivity index (χ0n) is 11.5. The number of nitrogens with two attached hydrogens (primary N) is 1. The first-order chi connectivity index (χ1) is 9.04. The summed E-state index contributed by atoms with van der Waals surface area (Å²) in [4.78, 5) is 18.0. The molecule has 1 rings (SSSR count). The Labute approximate surface area is 112 Å². The van der Waals surface area contributed by atoms with Crippen molar-refractivity contribution in [3.63, 3.8) is 0 Å². The topological polar surface area (TPSA) is 91.8 Å². The Balaban J connectivity index is 2.89. The molecule has 19 heavy (non-hydrogen) atoms. The highest BCUT2D eigenvalue weighted by molar-refractivity contribution is 5.98. The lowest BCUT2D eigenvalue weighted by atomic mass is 10.1. The van der Waals surface area contributed by atoms with Crippen molar-refractivity contribution in [2.45, 2.75) is 32.7 Å². The molecule has 0 aliphatic rings. The number of hydrogen-bond acceptors (Lipinski definition) is 4. The number of nitrogens with zero attached hydrogens (tertiary/aromatic N) is 3. The van der Waals surface area contributed by atoms with E-state index in [1.165, 1.54) is 6.20 Å². The summed E-state index contributed by atoms with van der Waals surface area (Å²) in [5, 5.41) is 11.4. The van der Waals surface area contributed by atoms with Crippen LogP contribution in [0, 0.1) is 0 Å². The largest absolute Gasteiger partial charge is 0.409 e. The van der Waals surface area contributed by atoms with Gasteiger partial charge in [0.15, 0.2) is 5.84 Å². The summed E-state index contributed by atoms with van der Waals surface area (Å²) in [7, 11) is 1.78. The van der Waals surface area contributed by atoms with Crippen molar-refractivity contribution in [2.24, 2.45) is 10.9 Å². The van der Waals surface area contributed by atoms with Crippen molar-refractivity contribution in [3.8, 4) is 0 Å². The molecule has 0 saturated heterocycles. The van der Waals surface area contributed by atoms with Crippen LogP contribution in [0.15, 0.2) is 23.5 Å². The lowest BCUT2D eigenvalue weighted by Gasteiger charge is -2.25. The van der Waals surface area contributed by atoms with E-state index in [9.17, 15) is 4.79 Å². The van der Waals surface area contributed by atoms with Gasteiger partial charge in [-0.2, -0.15) is 0 Å². The number of carbonyl (C=O) groups is 1. The Morgan fingerprint density at radius 1 is 1.47 bits per heavy atom. The first kappa shape index (κ1) is 14.9. The highest BCUT2D eigenvalue weighted by Gasteiger charge is 2.19. The molecule has 6 heteroatoms. The van der Waals surface area contributed by atoms with Crippen molar-refractivity contribution >= 4 is 11.7 Å². The number of aromatic nitrogens is 1. The first-order valence-corrected chi connectivity index (χ1v) is 6.26. The van der Waals surface area contributed by atoms with Crippen molar-refractivity contribution in [3.05, 3.63) is 29.6 Å². The minimum Gasteiger partial charge on any atom is -0.409 e. The summed E-state index contributed by atoms with van der Waals surface area (Å²) in [6, 6.07) is 3.39. The van der Waals surface area contributed by atoms with Gasteiger partial charge in [0.05, 0.1) is 0 Å². The molecule has 0 spiro atoms. The number of hydrogen-bond donors (Lipinski definition) is 2. The fraction of sp³-hybridized carbons (Fsp3) is 0.462. The van der Waals surface area contributed by atoms with Crippen LogP contribution in [0.4, 0.5) is 0 Å². The average molecular weight is 264 g/mol. The summed E-state index contributed by atoms with van der Waals surface area (Å²) >= 11 is 0. The van der Waals surface area contributed by atoms with E-state index in [0.717, 1.165) is 12.8 Å². The van der Waals surface area contributed by atoms with Gasteiger partial charge in [-0.15, -0.1) is 0 Å². The molecule has 0 atom stereocenters. The predicted octanol–water partition coefficient (Wildman–Crippen LogP) is 1.44. The predicted molar refractivity (Wildman–Crippen MR) is 73.2 cm³/mol. The van der Waals surface area contributed by atoms with Gasteiger partial charge in [-0.3, -0.25) is 9.78 Å². The Bertz CT molecular complexity index is 452. The van der Waals surface area contributed by atoms with E-state index in [0.29, 0.717) is 11.3 Å². The quantitative estimate of drug-likeness (QED) is 0.364. The first-order valence-electron chi connectivity index (χ1n) is 6.26. The van der Waals surface area contributed by atoms with Gasteiger partial charge in [0, 0.05) is 24.8 Å². The summed E-state index contributed by atoms with van der Waals surface area (Å²) in [6.07, 6.45) is 3.23. The Hall–Kier alpha value is -2.11. The normalized spacial score (nSPS) is 11.7. The maximum atomic E-state index is 12.2. The summed E-state index contributed by atoms with van der Waals surface area (Å²) in [5.41, 5.74) is 6.26. The molecule has 0 unspecified atom stereocenters. The Morgan fingerprint density at radius 3 is 2.53 bits per heavy atom. The minimum atomic E-state index is -0.125. The fourth-order valence-corrected chi connectivity index (χ4v) is 1.91. The van der Waals surface area contributed by atoms with Gasteiger partial charge in [0.25, 0.3) is 5.91 Å². The number of oxime groups is 1. The molecule has 0 saturated carbocycles. The van der Waals surface area contributed by atoms with Crippen molar-refractivity contribution in [1.29, 1.82) is 0 Å². The van der Waals surface area contributed by atoms with E-state index < -0.39 is 0 Å². The number of pyridine rings is 1. The van der Waals surface area contributed by atoms with Crippen LogP contribution in [-0.4, -0.2) is 39.9 Å². The molecule has 1 heterocycles. The van der Waals surface area contributed by atoms with Crippen LogP contribution >= 0.6 is 0 Å². The molecule has 0 fully saturated rings. The Morgan fingerprint density at radius 2 is 2.11 bits per heavy atom. The molecule has 1 aromatic heterocycles. The van der Waals surface area contributed by atoms with Crippen LogP contribution < -0.4 is 5.73 Å². The monoisotopic (exact) mass is 264 g/mol. The maximum absolute atomic E-state index is 12.2. The van der Waals surface area contributed by atoms with Crippen LogP contribution in [0.1, 0.15) is 42.7 Å². The second kappa shape index (κ2) is 6.72. The SMILES string of the molecule is CCC(CC)N(C)C(=O)c1ccc(C(N)=NO)cn1. The zero-order valence-corrected chi connectivity index (χ0v) is 11.5. The van der Waals surface area contributed by atoms with Gasteiger partial charge < -0.3 is 15.8 Å². The molecular formula is C13H20N4O2. The van der Waals surface area contributed by atoms with Gasteiger partial charge in [-0.25, -0.2) is 0 Å². The standard InChI is InChI=1S/C13H20N4O2/c1-4-10(5-2)17(3)13(18)11-7-6-9(8-15-11)12(14)16-19/h6-8,10,19H,4-5H2,1-3H3,(H2,14,16). The number of amidine groups is 1. The molecule has 0 radical (unpaired) electrons. The smallest absolute Gasteiger partial charge is 0.272 e. The van der Waals surface area contributed by atoms with Gasteiger partial charge in [-0.05, 0) is 25.0 Å². The van der Waals surface area contributed by atoms with E-state index in [-0.39, 0.29) is 17.8 Å². The fourth-order valence-electron chi connectivity index (χ4n) is 1.91. The molecule has 0 aliphatic heterocycles. The number of amides is 1. The van der Waals surface area contributed by atoms with Gasteiger partial charge in [0.2, 0.25) is 0 Å². The second-order valence-corrected chi connectivity index (χ2v) is 4.30. The molecule has 6 nitrogen and oxygen atoms in total. The molecule has 0 aliphatic carbocycles. The van der Waals surface area contributed by atoms with Gasteiger partial charge in [-0.1, -0.05) is 19.0 Å². The van der Waals surface area contributed by atoms with Crippen molar-refractivity contribution in [2.75, 3.05) is 7.05 Å². The summed E-state index contributed by atoms with van der Waals surface area (Å²) in [6.45, 7) is 4.10.